The SMILES string of the molecule is CC(=O)O[C@@]12CO[C@@H]1C[C@H](OC(=O)OCC(Cl)(Cl)Cl)[C@@]1(C)C(=O)[C@H](OC(=O)OCC(Cl)(Cl)Cl)C3=C(C)[C@@H](OC(=O)[C@@H](O)[C@H](N)c4ccccc4)C[C@@](O)([C@@H](OC(=O)c4ccccc4)[C@H]21)C3(C)C. The molecule has 4 N–H and O–H groups in total. The van der Waals surface area contributed by atoms with Crippen LogP contribution in [0, 0.1) is 16.7 Å². The number of nitrogens with two attached hydrogens (primary N) is 1. The molecule has 4 aliphatic rings. The maximum atomic E-state index is 16.1. The van der Waals surface area contributed by atoms with E-state index in [0.29, 0.717) is 5.56 Å². The van der Waals surface area contributed by atoms with Crippen LogP contribution in [0.4, 0.5) is 9.59 Å². The lowest BCUT2D eigenvalue weighted by atomic mass is 9.44. The van der Waals surface area contributed by atoms with Gasteiger partial charge in [0.15, 0.2) is 23.6 Å². The minimum atomic E-state index is -2.58. The molecule has 366 valence electrons. The van der Waals surface area contributed by atoms with Gasteiger partial charge in [-0.05, 0) is 42.7 Å². The number of rotatable bonds is 11. The van der Waals surface area contributed by atoms with Crippen molar-refractivity contribution in [3.63, 3.8) is 0 Å². The van der Waals surface area contributed by atoms with E-state index >= 15 is 4.79 Å². The predicted octanol–water partition coefficient (Wildman–Crippen LogP) is 6.76. The summed E-state index contributed by atoms with van der Waals surface area (Å²) in [5.74, 6) is -6.12. The third-order valence-corrected chi connectivity index (χ3v) is 13.7. The van der Waals surface area contributed by atoms with Gasteiger partial charge in [0.25, 0.3) is 0 Å². The average Bonchev–Trinajstić information content (AvgIpc) is 3.25. The Morgan fingerprint density at radius 2 is 1.40 bits per heavy atom. The lowest BCUT2D eigenvalue weighted by molar-refractivity contribution is -0.346. The summed E-state index contributed by atoms with van der Waals surface area (Å²) in [6, 6.07) is 14.4. The molecular formula is C44H47Cl6NO16. The van der Waals surface area contributed by atoms with Gasteiger partial charge in [-0.1, -0.05) is 132 Å². The molecule has 3 aliphatic carbocycles. The molecule has 0 amide bonds. The van der Waals surface area contributed by atoms with Gasteiger partial charge < -0.3 is 53.8 Å². The summed E-state index contributed by atoms with van der Waals surface area (Å²) in [5.41, 5.74) is -2.37. The van der Waals surface area contributed by atoms with Crippen LogP contribution in [-0.4, -0.2) is 121 Å². The van der Waals surface area contributed by atoms with Crippen molar-refractivity contribution in [2.24, 2.45) is 22.5 Å². The Morgan fingerprint density at radius 3 is 1.93 bits per heavy atom. The van der Waals surface area contributed by atoms with Crippen LogP contribution in [0.3, 0.4) is 0 Å². The number of carbonyl (C=O) groups is 6. The second kappa shape index (κ2) is 19.6. The van der Waals surface area contributed by atoms with E-state index in [1.165, 1.54) is 39.8 Å². The second-order valence-electron chi connectivity index (χ2n) is 17.5. The molecule has 3 fully saturated rings. The average molecular weight is 1060 g/mol. The fourth-order valence-corrected chi connectivity index (χ4v) is 10.1. The minimum Gasteiger partial charge on any atom is -0.456 e. The first-order chi connectivity index (χ1) is 31.1. The van der Waals surface area contributed by atoms with Crippen LogP contribution in [0.1, 0.15) is 69.4 Å². The zero-order chi connectivity index (χ0) is 49.7. The molecule has 0 spiro atoms. The van der Waals surface area contributed by atoms with E-state index in [2.05, 4.69) is 0 Å². The summed E-state index contributed by atoms with van der Waals surface area (Å²) >= 11 is 35.2. The Hall–Kier alpha value is -3.62. The number of esters is 3. The highest BCUT2D eigenvalue weighted by atomic mass is 35.6. The lowest BCUT2D eigenvalue weighted by Gasteiger charge is -2.67. The highest BCUT2D eigenvalue weighted by Gasteiger charge is 2.79. The van der Waals surface area contributed by atoms with E-state index in [9.17, 15) is 34.2 Å². The van der Waals surface area contributed by atoms with E-state index in [-0.39, 0.29) is 16.7 Å². The molecular weight excluding hydrogens is 1010 g/mol. The number of hydrogen-bond acceptors (Lipinski definition) is 17. The van der Waals surface area contributed by atoms with Crippen molar-refractivity contribution in [2.75, 3.05) is 19.8 Å². The van der Waals surface area contributed by atoms with Gasteiger partial charge in [0.2, 0.25) is 7.59 Å². The minimum absolute atomic E-state index is 0.0149. The van der Waals surface area contributed by atoms with Crippen LogP contribution >= 0.6 is 69.6 Å². The van der Waals surface area contributed by atoms with Crippen molar-refractivity contribution >= 4 is 106 Å². The molecule has 0 unspecified atom stereocenters. The van der Waals surface area contributed by atoms with E-state index in [1.807, 2.05) is 0 Å². The highest BCUT2D eigenvalue weighted by molar-refractivity contribution is 6.68. The fraction of sp³-hybridized carbons (Fsp3) is 0.545. The molecule has 1 heterocycles. The van der Waals surface area contributed by atoms with Gasteiger partial charge in [0.05, 0.1) is 29.5 Å². The number of ether oxygens (including phenoxy) is 8. The van der Waals surface area contributed by atoms with E-state index in [0.717, 1.165) is 6.92 Å². The molecule has 6 rings (SSSR count). The Bertz CT molecular complexity index is 2270. The predicted molar refractivity (Wildman–Crippen MR) is 239 cm³/mol. The summed E-state index contributed by atoms with van der Waals surface area (Å²) in [6.45, 7) is 4.49. The number of alkyl halides is 6. The van der Waals surface area contributed by atoms with Crippen molar-refractivity contribution < 1.29 is 76.9 Å². The number of aliphatic hydroxyl groups is 2. The van der Waals surface area contributed by atoms with Crippen LogP contribution in [0.5, 0.6) is 0 Å². The van der Waals surface area contributed by atoms with Gasteiger partial charge in [-0.3, -0.25) is 9.59 Å². The molecule has 11 atom stereocenters. The number of fused-ring (bicyclic) bond motifs is 5. The van der Waals surface area contributed by atoms with Gasteiger partial charge in [-0.15, -0.1) is 0 Å². The number of ketones is 1. The van der Waals surface area contributed by atoms with Crippen molar-refractivity contribution in [1.82, 2.24) is 0 Å². The van der Waals surface area contributed by atoms with Crippen molar-refractivity contribution in [1.29, 1.82) is 0 Å². The van der Waals surface area contributed by atoms with Gasteiger partial charge in [0, 0.05) is 25.2 Å². The monoisotopic (exact) mass is 1060 g/mol. The Labute approximate surface area is 414 Å². The molecule has 1 aliphatic heterocycles. The maximum Gasteiger partial charge on any atom is 0.509 e. The summed E-state index contributed by atoms with van der Waals surface area (Å²) in [7, 11) is 0. The largest absolute Gasteiger partial charge is 0.509 e. The quantitative estimate of drug-likeness (QED) is 0.0911. The van der Waals surface area contributed by atoms with Gasteiger partial charge in [0.1, 0.15) is 43.2 Å². The molecule has 0 aromatic heterocycles. The van der Waals surface area contributed by atoms with Gasteiger partial charge >= 0.3 is 30.2 Å². The lowest BCUT2D eigenvalue weighted by Crippen LogP contribution is -2.82. The van der Waals surface area contributed by atoms with Crippen molar-refractivity contribution in [2.45, 2.75) is 109 Å². The number of halogens is 6. The highest BCUT2D eigenvalue weighted by Crippen LogP contribution is 2.65. The first-order valence-corrected chi connectivity index (χ1v) is 22.9. The van der Waals surface area contributed by atoms with E-state index in [4.69, 9.17) is 113 Å². The molecule has 2 aromatic carbocycles. The van der Waals surface area contributed by atoms with Crippen molar-refractivity contribution in [3.8, 4) is 0 Å². The molecule has 2 bridgehead atoms. The standard InChI is InChI=1S/C44H47Cl6NO16/c1-21-25(63-36(56)30(53)29(51)23-12-8-6-9-13-23)17-42(59)34(66-35(55)24-14-10-7-11-15-24)32-40(5,33(54)31(28(21)39(42,3)4)65-38(58)62-20-44(48,49)50)26(64-37(57)61-19-43(45,46)47)16-27-41(32,18-60-27)67-22(2)52/h6-15,25-27,29-32,34,53,59H,16-20,51H2,1-5H3/t25-,26-,27+,29+,30-,31+,32-,34-,40+,41-,42+/m0/s1. The fourth-order valence-electron chi connectivity index (χ4n) is 9.78. The Balaban J connectivity index is 1.62. The Kier molecular flexibility index (Phi) is 15.5. The molecule has 17 nitrogen and oxygen atoms in total. The Morgan fingerprint density at radius 1 is 0.851 bits per heavy atom. The number of Topliss-reactive ketones (excluding diaryl/α,β-unsaturated/α-hetero) is 1. The summed E-state index contributed by atoms with van der Waals surface area (Å²) in [5, 5.41) is 25.1. The summed E-state index contributed by atoms with van der Waals surface area (Å²) in [6.07, 6.45) is -14.9. The molecule has 0 radical (unpaired) electrons. The first-order valence-electron chi connectivity index (χ1n) is 20.6. The van der Waals surface area contributed by atoms with Crippen LogP contribution in [0.15, 0.2) is 71.8 Å². The topological polar surface area (TPSA) is 243 Å². The number of aliphatic hydroxyl groups excluding tert-OH is 1. The third-order valence-electron chi connectivity index (χ3n) is 13.1. The summed E-state index contributed by atoms with van der Waals surface area (Å²) in [4.78, 5) is 85.0. The van der Waals surface area contributed by atoms with Gasteiger partial charge in [-0.2, -0.15) is 0 Å². The molecule has 2 saturated carbocycles. The summed E-state index contributed by atoms with van der Waals surface area (Å²) < 4.78 is 42.1. The number of carbonyl (C=O) groups excluding carboxylic acids is 6. The zero-order valence-corrected chi connectivity index (χ0v) is 40.9. The van der Waals surface area contributed by atoms with Gasteiger partial charge in [-0.25, -0.2) is 19.2 Å². The maximum absolute atomic E-state index is 16.1. The number of hydrogen-bond donors (Lipinski definition) is 3. The van der Waals surface area contributed by atoms with Crippen molar-refractivity contribution in [3.05, 3.63) is 82.9 Å². The van der Waals surface area contributed by atoms with Crippen LogP contribution < -0.4 is 5.73 Å². The van der Waals surface area contributed by atoms with Crippen LogP contribution in [-0.2, 0) is 52.3 Å². The molecule has 23 heteroatoms. The second-order valence-corrected chi connectivity index (χ2v) is 22.5. The van der Waals surface area contributed by atoms with E-state index < -0.39 is 147 Å². The molecule has 2 aromatic rings. The molecule has 1 saturated heterocycles. The third kappa shape index (κ3) is 10.5. The van der Waals surface area contributed by atoms with E-state index in [1.54, 1.807) is 48.5 Å². The normalized spacial score (nSPS) is 30.9. The van der Waals surface area contributed by atoms with Crippen LogP contribution in [0.2, 0.25) is 0 Å². The first kappa shape index (κ1) is 52.7. The number of benzene rings is 2. The smallest absolute Gasteiger partial charge is 0.456 e. The van der Waals surface area contributed by atoms with Crippen LogP contribution in [0.25, 0.3) is 0 Å². The zero-order valence-electron chi connectivity index (χ0n) is 36.4. The molecule has 67 heavy (non-hydrogen) atoms.